The van der Waals surface area contributed by atoms with E-state index in [1.165, 1.54) is 86.2 Å². The Bertz CT molecular complexity index is 3850. The molecule has 0 radical (unpaired) electrons. The molecule has 10 aromatic carbocycles. The molecule has 3 heterocycles. The van der Waals surface area contributed by atoms with E-state index < -0.39 is 0 Å². The fourth-order valence-electron chi connectivity index (χ4n) is 9.94. The third kappa shape index (κ3) is 5.46. The van der Waals surface area contributed by atoms with Crippen molar-refractivity contribution in [3.8, 4) is 50.5 Å². The molecule has 13 aromatic rings. The Kier molecular flexibility index (Phi) is 7.81. The van der Waals surface area contributed by atoms with E-state index in [0.29, 0.717) is 0 Å². The number of nitrogens with zero attached hydrogens (tertiary/aromatic N) is 2. The largest absolute Gasteiger partial charge is 0.309 e. The molecule has 0 bridgehead atoms. The number of hydrogen-bond donors (Lipinski definition) is 0. The zero-order valence-corrected chi connectivity index (χ0v) is 34.4. The molecular weight excluding hydrogens is 769 g/mol. The van der Waals surface area contributed by atoms with Crippen molar-refractivity contribution >= 4 is 86.3 Å². The third-order valence-electron chi connectivity index (χ3n) is 12.8. The maximum Gasteiger partial charge on any atom is 0.0730 e. The van der Waals surface area contributed by atoms with Crippen LogP contribution in [-0.2, 0) is 0 Å². The molecule has 0 aliphatic rings. The van der Waals surface area contributed by atoms with Gasteiger partial charge in [-0.1, -0.05) is 164 Å². The summed E-state index contributed by atoms with van der Waals surface area (Å²) in [6.07, 6.45) is 0. The molecule has 0 spiro atoms. The predicted octanol–water partition coefficient (Wildman–Crippen LogP) is 16.7. The summed E-state index contributed by atoms with van der Waals surface area (Å²) in [7, 11) is 0. The minimum Gasteiger partial charge on any atom is -0.309 e. The second kappa shape index (κ2) is 13.9. The summed E-state index contributed by atoms with van der Waals surface area (Å²) in [5.74, 6) is 0. The summed E-state index contributed by atoms with van der Waals surface area (Å²) in [5.41, 5.74) is 12.4. The van der Waals surface area contributed by atoms with E-state index in [9.17, 15) is 0 Å². The van der Waals surface area contributed by atoms with E-state index in [-0.39, 0.29) is 0 Å². The third-order valence-corrected chi connectivity index (χ3v) is 13.8. The van der Waals surface area contributed by atoms with Crippen LogP contribution in [0, 0.1) is 0 Å². The van der Waals surface area contributed by atoms with Crippen LogP contribution in [0.5, 0.6) is 0 Å². The van der Waals surface area contributed by atoms with Gasteiger partial charge in [0.05, 0.1) is 28.1 Å². The molecule has 288 valence electrons. The lowest BCUT2D eigenvalue weighted by molar-refractivity contribution is 1.16. The van der Waals surface area contributed by atoms with Gasteiger partial charge < -0.3 is 4.57 Å². The monoisotopic (exact) mass is 804 g/mol. The van der Waals surface area contributed by atoms with Crippen LogP contribution in [-0.4, -0.2) is 9.55 Å². The van der Waals surface area contributed by atoms with Gasteiger partial charge in [0.15, 0.2) is 0 Å². The zero-order chi connectivity index (χ0) is 40.7. The van der Waals surface area contributed by atoms with Gasteiger partial charge in [-0.2, -0.15) is 0 Å². The average molecular weight is 805 g/mol. The van der Waals surface area contributed by atoms with E-state index in [2.05, 4.69) is 222 Å². The molecule has 62 heavy (non-hydrogen) atoms. The van der Waals surface area contributed by atoms with Gasteiger partial charge in [0.25, 0.3) is 0 Å². The molecule has 0 atom stereocenters. The highest BCUT2D eigenvalue weighted by Gasteiger charge is 2.20. The number of aromatic nitrogens is 2. The lowest BCUT2D eigenvalue weighted by Gasteiger charge is -2.15. The summed E-state index contributed by atoms with van der Waals surface area (Å²) in [6, 6.07) is 77.9. The fraction of sp³-hybridized carbons (Fsp3) is 0. The highest BCUT2D eigenvalue weighted by Crippen LogP contribution is 2.44. The van der Waals surface area contributed by atoms with Crippen molar-refractivity contribution < 1.29 is 0 Å². The molecule has 2 nitrogen and oxygen atoms in total. The van der Waals surface area contributed by atoms with Crippen LogP contribution in [0.2, 0.25) is 0 Å². The molecule has 0 fully saturated rings. The number of thiophene rings is 1. The molecule has 0 aliphatic heterocycles. The van der Waals surface area contributed by atoms with Crippen LogP contribution in [0.3, 0.4) is 0 Å². The smallest absolute Gasteiger partial charge is 0.0730 e. The number of pyridine rings is 1. The Morgan fingerprint density at radius 2 is 0.871 bits per heavy atom. The van der Waals surface area contributed by atoms with Crippen molar-refractivity contribution in [2.75, 3.05) is 0 Å². The van der Waals surface area contributed by atoms with Gasteiger partial charge in [-0.3, -0.25) is 0 Å². The Hall–Kier alpha value is -7.85. The highest BCUT2D eigenvalue weighted by molar-refractivity contribution is 7.17. The quantitative estimate of drug-likeness (QED) is 0.158. The van der Waals surface area contributed by atoms with Crippen LogP contribution in [0.1, 0.15) is 0 Å². The van der Waals surface area contributed by atoms with Crippen LogP contribution < -0.4 is 0 Å². The number of fused-ring (bicyclic) bond motifs is 11. The Morgan fingerprint density at radius 1 is 0.323 bits per heavy atom. The second-order valence-corrected chi connectivity index (χ2v) is 17.2. The van der Waals surface area contributed by atoms with E-state index in [1.807, 2.05) is 11.3 Å². The molecule has 3 heteroatoms. The second-order valence-electron chi connectivity index (χ2n) is 16.3. The van der Waals surface area contributed by atoms with Crippen LogP contribution in [0.25, 0.3) is 125 Å². The summed E-state index contributed by atoms with van der Waals surface area (Å²) >= 11 is 1.81. The molecule has 0 amide bonds. The van der Waals surface area contributed by atoms with E-state index in [0.717, 1.165) is 39.2 Å². The topological polar surface area (TPSA) is 17.8 Å². The predicted molar refractivity (Wildman–Crippen MR) is 266 cm³/mol. The van der Waals surface area contributed by atoms with E-state index >= 15 is 0 Å². The fourth-order valence-corrected chi connectivity index (χ4v) is 10.9. The first-order valence-corrected chi connectivity index (χ1v) is 22.1. The zero-order valence-electron chi connectivity index (χ0n) is 33.6. The summed E-state index contributed by atoms with van der Waals surface area (Å²) in [4.78, 5) is 5.29. The molecule has 13 rings (SSSR count). The first-order valence-electron chi connectivity index (χ1n) is 21.2. The van der Waals surface area contributed by atoms with Gasteiger partial charge in [0.2, 0.25) is 0 Å². The number of benzene rings is 10. The Morgan fingerprint density at radius 3 is 1.63 bits per heavy atom. The molecule has 0 N–H and O–H groups in total. The highest BCUT2D eigenvalue weighted by atomic mass is 32.1. The molecule has 0 unspecified atom stereocenters. The van der Waals surface area contributed by atoms with Gasteiger partial charge in [-0.25, -0.2) is 4.98 Å². The SMILES string of the molecule is c1ccc(-c2cc(-n3c4ccc(-c5cccc6ccccc56)cc4c4cc5c6ccccc6c6cc(-c7cccc8ccsc78)ccc6c5cc43)cc(-c3ccccc3)n2)cc1. The molecule has 0 aliphatic carbocycles. The molecule has 0 saturated carbocycles. The Labute approximate surface area is 362 Å². The van der Waals surface area contributed by atoms with E-state index in [4.69, 9.17) is 4.98 Å². The lowest BCUT2D eigenvalue weighted by Crippen LogP contribution is -1.98. The molecule has 3 aromatic heterocycles. The Balaban J connectivity index is 1.14. The number of rotatable bonds is 5. The summed E-state index contributed by atoms with van der Waals surface area (Å²) < 4.78 is 3.80. The first kappa shape index (κ1) is 35.0. The average Bonchev–Trinajstić information content (AvgIpc) is 3.96. The van der Waals surface area contributed by atoms with Crippen LogP contribution in [0.4, 0.5) is 0 Å². The van der Waals surface area contributed by atoms with Gasteiger partial charge in [0.1, 0.15) is 0 Å². The van der Waals surface area contributed by atoms with Crippen LogP contribution >= 0.6 is 11.3 Å². The number of hydrogen-bond acceptors (Lipinski definition) is 2. The summed E-state index contributed by atoms with van der Waals surface area (Å²) in [6.45, 7) is 0. The van der Waals surface area contributed by atoms with Gasteiger partial charge in [0, 0.05) is 26.6 Å². The van der Waals surface area contributed by atoms with Gasteiger partial charge in [-0.15, -0.1) is 11.3 Å². The van der Waals surface area contributed by atoms with Crippen molar-refractivity contribution in [1.29, 1.82) is 0 Å². The molecular formula is C59H36N2S. The van der Waals surface area contributed by atoms with Crippen LogP contribution in [0.15, 0.2) is 218 Å². The maximum absolute atomic E-state index is 5.29. The van der Waals surface area contributed by atoms with Crippen molar-refractivity contribution in [3.05, 3.63) is 218 Å². The summed E-state index contributed by atoms with van der Waals surface area (Å²) in [5, 5.41) is 16.0. The van der Waals surface area contributed by atoms with Gasteiger partial charge in [-0.05, 0) is 125 Å². The normalized spacial score (nSPS) is 11.9. The van der Waals surface area contributed by atoms with Crippen molar-refractivity contribution in [2.24, 2.45) is 0 Å². The van der Waals surface area contributed by atoms with E-state index in [1.54, 1.807) is 0 Å². The van der Waals surface area contributed by atoms with Gasteiger partial charge >= 0.3 is 0 Å². The molecule has 0 saturated heterocycles. The lowest BCUT2D eigenvalue weighted by atomic mass is 9.91. The van der Waals surface area contributed by atoms with Crippen molar-refractivity contribution in [3.63, 3.8) is 0 Å². The minimum atomic E-state index is 0.940. The first-order chi connectivity index (χ1) is 30.7. The maximum atomic E-state index is 5.29. The van der Waals surface area contributed by atoms with Crippen molar-refractivity contribution in [1.82, 2.24) is 9.55 Å². The van der Waals surface area contributed by atoms with Crippen molar-refractivity contribution in [2.45, 2.75) is 0 Å². The minimum absolute atomic E-state index is 0.940. The standard InChI is InChI=1S/C59H36N2S/c1-3-14-38(15-4-1)55-33-43(34-56(60-55)39-16-5-2-6-17-39)61-57-28-26-41(45-23-11-18-37-13-7-8-20-44(37)45)32-53(57)54-35-51-48-22-10-9-21-47(48)50-31-42(25-27-49(50)52(51)36-58(54)61)46-24-12-19-40-29-30-62-59(40)46/h1-36H.